The number of carbonyl (C=O) groups is 2. The Morgan fingerprint density at radius 2 is 1.79 bits per heavy atom. The highest BCUT2D eigenvalue weighted by Crippen LogP contribution is 2.50. The van der Waals surface area contributed by atoms with Crippen molar-refractivity contribution >= 4 is 37.6 Å². The number of ether oxygens (including phenoxy) is 1. The number of hydrogen-bond acceptors (Lipinski definition) is 6. The fraction of sp³-hybridized carbons (Fsp3) is 0.394. The second-order valence-electron chi connectivity index (χ2n) is 11.3. The van der Waals surface area contributed by atoms with Crippen molar-refractivity contribution in [3.63, 3.8) is 0 Å². The van der Waals surface area contributed by atoms with Crippen LogP contribution in [0.5, 0.6) is 11.5 Å². The van der Waals surface area contributed by atoms with E-state index in [4.69, 9.17) is 4.74 Å². The lowest BCUT2D eigenvalue weighted by molar-refractivity contribution is -0.142. The number of aromatic hydroxyl groups is 1. The number of carboxylic acid groups (broad SMARTS) is 1. The Balaban J connectivity index is 1.62. The quantitative estimate of drug-likeness (QED) is 0.208. The molecule has 4 rings (SSSR count). The Hall–Kier alpha value is -3.37. The number of benzene rings is 3. The van der Waals surface area contributed by atoms with E-state index in [9.17, 15) is 28.2 Å². The fourth-order valence-electron chi connectivity index (χ4n) is 5.90. The van der Waals surface area contributed by atoms with Crippen LogP contribution in [0.1, 0.15) is 68.6 Å². The molecule has 1 aliphatic rings. The molecule has 0 spiro atoms. The Bertz CT molecular complexity index is 1560. The van der Waals surface area contributed by atoms with Gasteiger partial charge in [0.25, 0.3) is 5.91 Å². The molecule has 10 heteroatoms. The summed E-state index contributed by atoms with van der Waals surface area (Å²) in [6.07, 6.45) is 4.04. The largest absolute Gasteiger partial charge is 0.508 e. The van der Waals surface area contributed by atoms with Crippen LogP contribution in [0.2, 0.25) is 0 Å². The third-order valence-corrected chi connectivity index (χ3v) is 11.0. The number of phenolic OH excluding ortho intramolecular Hbond substituents is 1. The maximum Gasteiger partial charge on any atom is 0.326 e. The molecule has 0 bridgehead atoms. The van der Waals surface area contributed by atoms with Crippen molar-refractivity contribution in [1.82, 2.24) is 5.32 Å². The normalized spacial score (nSPS) is 19.9. The monoisotopic (exact) mass is 671 g/mol. The smallest absolute Gasteiger partial charge is 0.326 e. The number of rotatable bonds is 12. The molecule has 1 aliphatic heterocycles. The van der Waals surface area contributed by atoms with E-state index in [1.54, 1.807) is 24.3 Å². The minimum atomic E-state index is -3.72. The average molecular weight is 673 g/mol. The molecule has 8 nitrogen and oxygen atoms in total. The van der Waals surface area contributed by atoms with Crippen LogP contribution in [0.25, 0.3) is 0 Å². The third kappa shape index (κ3) is 7.78. The molecular formula is C33H38BrNO7S. The minimum Gasteiger partial charge on any atom is -0.508 e. The van der Waals surface area contributed by atoms with Gasteiger partial charge in [0.2, 0.25) is 0 Å². The van der Waals surface area contributed by atoms with Gasteiger partial charge in [0.05, 0.1) is 15.1 Å². The molecule has 3 N–H and O–H groups in total. The molecule has 1 amide bonds. The Labute approximate surface area is 261 Å². The molecule has 0 aliphatic carbocycles. The molecule has 3 aromatic rings. The zero-order chi connectivity index (χ0) is 31.2. The molecule has 3 aromatic carbocycles. The summed E-state index contributed by atoms with van der Waals surface area (Å²) < 4.78 is 34.3. The SMILES string of the molecule is CCCC[C@@]1(CC)C[C@H](c2ccccc2)c2cc(Br)c(OCC(=O)N[C@H](Cc3ccccc3O)C(=O)O)cc2S(=O)(=O)C1. The zero-order valence-corrected chi connectivity index (χ0v) is 26.8. The first-order valence-electron chi connectivity index (χ1n) is 14.5. The van der Waals surface area contributed by atoms with Gasteiger partial charge in [0.15, 0.2) is 16.4 Å². The number of hydrogen-bond donors (Lipinski definition) is 3. The standard InChI is InChI=1S/C33H38BrNO7S/c1-3-5-15-33(4-2)19-25(22-11-7-6-8-12-22)24-17-26(34)29(18-30(24)43(40,41)21-33)42-20-31(37)35-27(32(38)39)16-23-13-9-10-14-28(23)36/h6-14,17-18,25,27,36H,3-5,15-16,19-21H2,1-2H3,(H,35,37)(H,38,39)/t25-,27-,33+/m1/s1. The molecule has 0 aromatic heterocycles. The van der Waals surface area contributed by atoms with Gasteiger partial charge in [-0.05, 0) is 69.4 Å². The van der Waals surface area contributed by atoms with Gasteiger partial charge in [0, 0.05) is 18.4 Å². The van der Waals surface area contributed by atoms with Crippen molar-refractivity contribution in [2.24, 2.45) is 5.41 Å². The number of halogens is 1. The van der Waals surface area contributed by atoms with Crippen LogP contribution in [0.4, 0.5) is 0 Å². The van der Waals surface area contributed by atoms with Gasteiger partial charge in [-0.1, -0.05) is 75.2 Å². The highest BCUT2D eigenvalue weighted by atomic mass is 79.9. The molecule has 43 heavy (non-hydrogen) atoms. The number of aliphatic carboxylic acids is 1. The minimum absolute atomic E-state index is 0.0288. The van der Waals surface area contributed by atoms with Gasteiger partial charge in [-0.2, -0.15) is 0 Å². The summed E-state index contributed by atoms with van der Waals surface area (Å²) in [5, 5.41) is 22.1. The molecule has 1 heterocycles. The number of amides is 1. The summed E-state index contributed by atoms with van der Waals surface area (Å²) >= 11 is 3.53. The lowest BCUT2D eigenvalue weighted by Crippen LogP contribution is -2.44. The lowest BCUT2D eigenvalue weighted by atomic mass is 9.71. The van der Waals surface area contributed by atoms with E-state index in [0.717, 1.165) is 31.2 Å². The molecule has 0 unspecified atom stereocenters. The van der Waals surface area contributed by atoms with Gasteiger partial charge < -0.3 is 20.3 Å². The number of para-hydroxylation sites is 1. The van der Waals surface area contributed by atoms with Gasteiger partial charge in [0.1, 0.15) is 17.5 Å². The fourth-order valence-corrected chi connectivity index (χ4v) is 8.65. The summed E-state index contributed by atoms with van der Waals surface area (Å²) in [5.74, 6) is -1.97. The summed E-state index contributed by atoms with van der Waals surface area (Å²) in [6.45, 7) is 3.65. The lowest BCUT2D eigenvalue weighted by Gasteiger charge is -2.34. The second-order valence-corrected chi connectivity index (χ2v) is 14.1. The average Bonchev–Trinajstić information content (AvgIpc) is 3.07. The van der Waals surface area contributed by atoms with Crippen molar-refractivity contribution in [2.45, 2.75) is 69.2 Å². The van der Waals surface area contributed by atoms with Crippen LogP contribution < -0.4 is 10.1 Å². The maximum atomic E-state index is 14.0. The highest BCUT2D eigenvalue weighted by Gasteiger charge is 2.42. The summed E-state index contributed by atoms with van der Waals surface area (Å²) in [7, 11) is -3.72. The predicted molar refractivity (Wildman–Crippen MR) is 168 cm³/mol. The number of fused-ring (bicyclic) bond motifs is 1. The van der Waals surface area contributed by atoms with Gasteiger partial charge >= 0.3 is 5.97 Å². The topological polar surface area (TPSA) is 130 Å². The Kier molecular flexibility index (Phi) is 10.6. The van der Waals surface area contributed by atoms with Crippen LogP contribution in [0.15, 0.2) is 76.1 Å². The van der Waals surface area contributed by atoms with Crippen molar-refractivity contribution < 1.29 is 33.0 Å². The summed E-state index contributed by atoms with van der Waals surface area (Å²) in [6, 6.07) is 18.2. The van der Waals surface area contributed by atoms with Crippen molar-refractivity contribution in [2.75, 3.05) is 12.4 Å². The van der Waals surface area contributed by atoms with Crippen LogP contribution in [-0.2, 0) is 25.8 Å². The molecule has 230 valence electrons. The van der Waals surface area contributed by atoms with Gasteiger partial charge in [-0.25, -0.2) is 13.2 Å². The number of carboxylic acids is 1. The van der Waals surface area contributed by atoms with Crippen LogP contribution in [0, 0.1) is 5.41 Å². The van der Waals surface area contributed by atoms with Crippen molar-refractivity contribution in [1.29, 1.82) is 0 Å². The van der Waals surface area contributed by atoms with E-state index in [1.807, 2.05) is 30.3 Å². The van der Waals surface area contributed by atoms with E-state index < -0.39 is 34.4 Å². The number of sulfone groups is 1. The molecule has 0 saturated heterocycles. The first-order chi connectivity index (χ1) is 20.5. The predicted octanol–water partition coefficient (Wildman–Crippen LogP) is 6.24. The van der Waals surface area contributed by atoms with E-state index >= 15 is 0 Å². The second kappa shape index (κ2) is 13.9. The highest BCUT2D eigenvalue weighted by molar-refractivity contribution is 9.10. The Morgan fingerprint density at radius 3 is 2.44 bits per heavy atom. The number of phenols is 1. The van der Waals surface area contributed by atoms with E-state index in [1.165, 1.54) is 12.1 Å². The maximum absolute atomic E-state index is 14.0. The van der Waals surface area contributed by atoms with Crippen molar-refractivity contribution in [3.8, 4) is 11.5 Å². The summed E-state index contributed by atoms with van der Waals surface area (Å²) in [5.41, 5.74) is 1.72. The van der Waals surface area contributed by atoms with Crippen LogP contribution in [0.3, 0.4) is 0 Å². The molecule has 3 atom stereocenters. The zero-order valence-electron chi connectivity index (χ0n) is 24.4. The van der Waals surface area contributed by atoms with Crippen molar-refractivity contribution in [3.05, 3.63) is 87.9 Å². The van der Waals surface area contributed by atoms with Gasteiger partial charge in [-0.15, -0.1) is 0 Å². The first kappa shape index (κ1) is 32.5. The number of nitrogens with one attached hydrogen (secondary N) is 1. The van der Waals surface area contributed by atoms with Crippen LogP contribution >= 0.6 is 15.9 Å². The molecule has 0 radical (unpaired) electrons. The number of unbranched alkanes of at least 4 members (excludes halogenated alkanes) is 1. The van der Waals surface area contributed by atoms with E-state index in [0.29, 0.717) is 22.0 Å². The number of carbonyl (C=O) groups excluding carboxylic acids is 1. The Morgan fingerprint density at radius 1 is 1.09 bits per heavy atom. The van der Waals surface area contributed by atoms with E-state index in [2.05, 4.69) is 35.1 Å². The van der Waals surface area contributed by atoms with E-state index in [-0.39, 0.29) is 39.9 Å². The van der Waals surface area contributed by atoms with Crippen LogP contribution in [-0.4, -0.2) is 48.9 Å². The molecule has 0 fully saturated rings. The van der Waals surface area contributed by atoms with Gasteiger partial charge in [-0.3, -0.25) is 4.79 Å². The third-order valence-electron chi connectivity index (χ3n) is 8.33. The molecule has 0 saturated carbocycles. The first-order valence-corrected chi connectivity index (χ1v) is 17.0. The molecular weight excluding hydrogens is 634 g/mol. The summed E-state index contributed by atoms with van der Waals surface area (Å²) in [4.78, 5) is 24.8.